The summed E-state index contributed by atoms with van der Waals surface area (Å²) in [5.74, 6) is -0.448. The van der Waals surface area contributed by atoms with E-state index in [9.17, 15) is 19.7 Å². The zero-order valence-electron chi connectivity index (χ0n) is 11.6. The number of nitro groups is 1. The number of nitrogens with zero attached hydrogens (tertiary/aromatic N) is 3. The highest BCUT2D eigenvalue weighted by Crippen LogP contribution is 2.21. The molecule has 2 rings (SSSR count). The van der Waals surface area contributed by atoms with Crippen LogP contribution >= 0.6 is 0 Å². The Labute approximate surface area is 120 Å². The Morgan fingerprint density at radius 3 is 2.76 bits per heavy atom. The normalized spacial score (nSPS) is 21.9. The zero-order valence-corrected chi connectivity index (χ0v) is 11.6. The van der Waals surface area contributed by atoms with Crippen LogP contribution in [0.25, 0.3) is 0 Å². The summed E-state index contributed by atoms with van der Waals surface area (Å²) in [6.07, 6.45) is 1.69. The van der Waals surface area contributed by atoms with Crippen molar-refractivity contribution < 1.29 is 14.5 Å². The van der Waals surface area contributed by atoms with Crippen LogP contribution in [0.5, 0.6) is 0 Å². The number of benzene rings is 1. The second-order valence-corrected chi connectivity index (χ2v) is 4.83. The number of imide groups is 1. The lowest BCUT2D eigenvalue weighted by molar-refractivity contribution is -0.384. The molecule has 0 aromatic heterocycles. The maximum Gasteiger partial charge on any atom is 0.346 e. The van der Waals surface area contributed by atoms with Gasteiger partial charge >= 0.3 is 6.03 Å². The average Bonchev–Trinajstić information content (AvgIpc) is 2.68. The SMILES string of the molecule is CC[C@@]1(C)NC(=O)N(/N=C\c2cccc([N+](=O)[O-])c2)C1=O. The van der Waals surface area contributed by atoms with E-state index >= 15 is 0 Å². The molecule has 1 N–H and O–H groups in total. The van der Waals surface area contributed by atoms with Gasteiger partial charge in [-0.15, -0.1) is 5.01 Å². The van der Waals surface area contributed by atoms with Crippen LogP contribution in [0.3, 0.4) is 0 Å². The molecule has 1 atom stereocenters. The van der Waals surface area contributed by atoms with Crippen LogP contribution in [0.15, 0.2) is 29.4 Å². The molecule has 3 amide bonds. The fourth-order valence-electron chi connectivity index (χ4n) is 1.86. The monoisotopic (exact) mass is 290 g/mol. The number of rotatable bonds is 4. The van der Waals surface area contributed by atoms with Gasteiger partial charge in [0.05, 0.1) is 11.1 Å². The lowest BCUT2D eigenvalue weighted by atomic mass is 10.00. The van der Waals surface area contributed by atoms with Gasteiger partial charge in [-0.1, -0.05) is 19.1 Å². The number of non-ortho nitro benzene ring substituents is 1. The number of hydrazone groups is 1. The van der Waals surface area contributed by atoms with Crippen molar-refractivity contribution in [3.8, 4) is 0 Å². The van der Waals surface area contributed by atoms with Crippen molar-refractivity contribution in [3.63, 3.8) is 0 Å². The van der Waals surface area contributed by atoms with Crippen LogP contribution < -0.4 is 5.32 Å². The molecule has 1 aromatic rings. The number of nitrogens with one attached hydrogen (secondary N) is 1. The van der Waals surface area contributed by atoms with Gasteiger partial charge in [0.25, 0.3) is 11.6 Å². The molecular weight excluding hydrogens is 276 g/mol. The van der Waals surface area contributed by atoms with Gasteiger partial charge < -0.3 is 5.32 Å². The van der Waals surface area contributed by atoms with Crippen molar-refractivity contribution in [2.75, 3.05) is 0 Å². The molecule has 1 aliphatic rings. The smallest absolute Gasteiger partial charge is 0.322 e. The summed E-state index contributed by atoms with van der Waals surface area (Å²) in [6, 6.07) is 5.14. The molecule has 8 heteroatoms. The van der Waals surface area contributed by atoms with Crippen LogP contribution in [-0.4, -0.2) is 33.6 Å². The first-order valence-electron chi connectivity index (χ1n) is 6.32. The lowest BCUT2D eigenvalue weighted by Gasteiger charge is -2.17. The van der Waals surface area contributed by atoms with E-state index < -0.39 is 22.4 Å². The number of amides is 3. The van der Waals surface area contributed by atoms with Gasteiger partial charge in [-0.05, 0) is 13.3 Å². The molecule has 0 unspecified atom stereocenters. The maximum atomic E-state index is 12.1. The summed E-state index contributed by atoms with van der Waals surface area (Å²) in [5.41, 5.74) is -0.624. The summed E-state index contributed by atoms with van der Waals surface area (Å²) in [7, 11) is 0. The van der Waals surface area contributed by atoms with Crippen molar-refractivity contribution in [1.82, 2.24) is 10.3 Å². The van der Waals surface area contributed by atoms with E-state index in [2.05, 4.69) is 10.4 Å². The summed E-state index contributed by atoms with van der Waals surface area (Å²) in [6.45, 7) is 3.40. The maximum absolute atomic E-state index is 12.1. The molecule has 0 saturated carbocycles. The minimum atomic E-state index is -0.961. The Hall–Kier alpha value is -2.77. The minimum absolute atomic E-state index is 0.0884. The van der Waals surface area contributed by atoms with Gasteiger partial charge in [-0.3, -0.25) is 14.9 Å². The number of urea groups is 1. The fourth-order valence-corrected chi connectivity index (χ4v) is 1.86. The van der Waals surface area contributed by atoms with Crippen LogP contribution in [0, 0.1) is 10.1 Å². The van der Waals surface area contributed by atoms with Crippen LogP contribution in [0.2, 0.25) is 0 Å². The first kappa shape index (κ1) is 14.6. The Bertz CT molecular complexity index is 643. The van der Waals surface area contributed by atoms with Gasteiger partial charge in [0.1, 0.15) is 5.54 Å². The van der Waals surface area contributed by atoms with Crippen LogP contribution in [0.4, 0.5) is 10.5 Å². The molecule has 1 fully saturated rings. The Kier molecular flexibility index (Phi) is 3.70. The molecule has 8 nitrogen and oxygen atoms in total. The molecule has 0 bridgehead atoms. The predicted molar refractivity (Wildman–Crippen MR) is 74.8 cm³/mol. The second-order valence-electron chi connectivity index (χ2n) is 4.83. The summed E-state index contributed by atoms with van der Waals surface area (Å²) >= 11 is 0. The first-order valence-corrected chi connectivity index (χ1v) is 6.32. The van der Waals surface area contributed by atoms with Gasteiger partial charge in [-0.2, -0.15) is 5.10 Å². The highest BCUT2D eigenvalue weighted by atomic mass is 16.6. The third-order valence-electron chi connectivity index (χ3n) is 3.35. The molecular formula is C13H14N4O4. The van der Waals surface area contributed by atoms with Crippen molar-refractivity contribution >= 4 is 23.8 Å². The van der Waals surface area contributed by atoms with E-state index in [0.717, 1.165) is 5.01 Å². The Morgan fingerprint density at radius 1 is 1.48 bits per heavy atom. The topological polar surface area (TPSA) is 105 Å². The Morgan fingerprint density at radius 2 is 2.19 bits per heavy atom. The van der Waals surface area contributed by atoms with E-state index in [-0.39, 0.29) is 5.69 Å². The number of carbonyl (C=O) groups excluding carboxylic acids is 2. The minimum Gasteiger partial charge on any atom is -0.322 e. The van der Waals surface area contributed by atoms with E-state index in [4.69, 9.17) is 0 Å². The van der Waals surface area contributed by atoms with Crippen molar-refractivity contribution in [2.24, 2.45) is 5.10 Å². The van der Waals surface area contributed by atoms with Crippen molar-refractivity contribution in [3.05, 3.63) is 39.9 Å². The molecule has 1 aliphatic heterocycles. The van der Waals surface area contributed by atoms with Gasteiger partial charge in [0.15, 0.2) is 0 Å². The van der Waals surface area contributed by atoms with Crippen molar-refractivity contribution in [1.29, 1.82) is 0 Å². The van der Waals surface area contributed by atoms with E-state index in [0.29, 0.717) is 12.0 Å². The average molecular weight is 290 g/mol. The third-order valence-corrected chi connectivity index (χ3v) is 3.35. The molecule has 21 heavy (non-hydrogen) atoms. The number of hydrogen-bond acceptors (Lipinski definition) is 5. The second kappa shape index (κ2) is 5.31. The molecule has 1 aromatic carbocycles. The van der Waals surface area contributed by atoms with Crippen LogP contribution in [0.1, 0.15) is 25.8 Å². The third kappa shape index (κ3) is 2.73. The highest BCUT2D eigenvalue weighted by Gasteiger charge is 2.46. The fraction of sp³-hybridized carbons (Fsp3) is 0.308. The summed E-state index contributed by atoms with van der Waals surface area (Å²) in [5, 5.41) is 17.8. The standard InChI is InChI=1S/C13H14N4O4/c1-3-13(2)11(18)16(12(19)15-13)14-8-9-5-4-6-10(7-9)17(20)21/h4-8H,3H2,1-2H3,(H,15,19)/b14-8-/t13-/m1/s1. The number of hydrogen-bond donors (Lipinski definition) is 1. The Balaban J connectivity index is 2.22. The van der Waals surface area contributed by atoms with Gasteiger partial charge in [0.2, 0.25) is 0 Å². The zero-order chi connectivity index (χ0) is 15.6. The van der Waals surface area contributed by atoms with Gasteiger partial charge in [-0.25, -0.2) is 4.79 Å². The summed E-state index contributed by atoms with van der Waals surface area (Å²) < 4.78 is 0. The van der Waals surface area contributed by atoms with E-state index in [1.807, 2.05) is 0 Å². The largest absolute Gasteiger partial charge is 0.346 e. The number of nitro benzene ring substituents is 1. The predicted octanol–water partition coefficient (Wildman–Crippen LogP) is 1.65. The quantitative estimate of drug-likeness (QED) is 0.394. The number of carbonyl (C=O) groups is 2. The highest BCUT2D eigenvalue weighted by molar-refractivity contribution is 6.07. The lowest BCUT2D eigenvalue weighted by Crippen LogP contribution is -2.42. The van der Waals surface area contributed by atoms with Crippen LogP contribution in [-0.2, 0) is 4.79 Å². The molecule has 0 spiro atoms. The van der Waals surface area contributed by atoms with Crippen molar-refractivity contribution in [2.45, 2.75) is 25.8 Å². The molecule has 110 valence electrons. The molecule has 0 aliphatic carbocycles. The van der Waals surface area contributed by atoms with E-state index in [1.54, 1.807) is 19.9 Å². The van der Waals surface area contributed by atoms with E-state index in [1.165, 1.54) is 24.4 Å². The summed E-state index contributed by atoms with van der Waals surface area (Å²) in [4.78, 5) is 34.0. The molecule has 1 saturated heterocycles. The van der Waals surface area contributed by atoms with Gasteiger partial charge in [0, 0.05) is 17.7 Å². The molecule has 0 radical (unpaired) electrons. The molecule has 1 heterocycles. The first-order chi connectivity index (χ1) is 9.87.